The molecule has 4 atom stereocenters. The van der Waals surface area contributed by atoms with Gasteiger partial charge >= 0.3 is 23.9 Å². The summed E-state index contributed by atoms with van der Waals surface area (Å²) in [5.41, 5.74) is 0.488. The van der Waals surface area contributed by atoms with Crippen molar-refractivity contribution in [3.05, 3.63) is 34.4 Å². The molecule has 1 amide bonds. The number of carbonyl (C=O) groups excluding carboxylic acids is 5. The van der Waals surface area contributed by atoms with Crippen LogP contribution in [0, 0.1) is 10.1 Å². The van der Waals surface area contributed by atoms with Gasteiger partial charge in [0.1, 0.15) is 5.75 Å². The number of nitrogens with one attached hydrogen (secondary N) is 1. The van der Waals surface area contributed by atoms with Gasteiger partial charge in [-0.3, -0.25) is 9.63 Å². The number of benzene rings is 1. The van der Waals surface area contributed by atoms with Gasteiger partial charge in [0.05, 0.1) is 0 Å². The molecule has 0 aliphatic carbocycles. The smallest absolute Gasteiger partial charge is 0.352 e. The molecule has 0 aliphatic rings. The first-order valence-electron chi connectivity index (χ1n) is 9.82. The predicted octanol–water partition coefficient (Wildman–Crippen LogP) is 0.942. The van der Waals surface area contributed by atoms with Crippen molar-refractivity contribution < 1.29 is 52.8 Å². The third-order valence-corrected chi connectivity index (χ3v) is 3.84. The highest BCUT2D eigenvalue weighted by molar-refractivity contribution is 5.89. The molecule has 0 saturated carbocycles. The summed E-state index contributed by atoms with van der Waals surface area (Å²) in [7, 11) is 0. The van der Waals surface area contributed by atoms with Gasteiger partial charge in [0.2, 0.25) is 12.0 Å². The van der Waals surface area contributed by atoms with Gasteiger partial charge in [0, 0.05) is 12.6 Å². The summed E-state index contributed by atoms with van der Waals surface area (Å²) in [6.45, 7) is 5.90. The Labute approximate surface area is 193 Å². The van der Waals surface area contributed by atoms with E-state index in [2.05, 4.69) is 14.9 Å². The number of amides is 1. The normalized spacial score (nSPS) is 13.8. The van der Waals surface area contributed by atoms with Crippen molar-refractivity contribution in [3.63, 3.8) is 0 Å². The molecule has 0 fully saturated rings. The Kier molecular flexibility index (Phi) is 10.4. The lowest BCUT2D eigenvalue weighted by molar-refractivity contribution is -0.764. The quantitative estimate of drug-likeness (QED) is 0.154. The van der Waals surface area contributed by atoms with Crippen molar-refractivity contribution in [2.75, 3.05) is 5.32 Å². The second kappa shape index (κ2) is 12.7. The number of hydrogen-bond donors (Lipinski definition) is 1. The van der Waals surface area contributed by atoms with Gasteiger partial charge < -0.3 is 24.3 Å². The second-order valence-corrected chi connectivity index (χ2v) is 6.84. The van der Waals surface area contributed by atoms with E-state index in [0.29, 0.717) is 5.69 Å². The molecular formula is C20H24N2O12. The monoisotopic (exact) mass is 484 g/mol. The summed E-state index contributed by atoms with van der Waals surface area (Å²) in [4.78, 5) is 73.1. The molecule has 186 valence electrons. The van der Waals surface area contributed by atoms with Crippen LogP contribution < -0.4 is 10.1 Å². The molecule has 34 heavy (non-hydrogen) atoms. The highest BCUT2D eigenvalue weighted by Crippen LogP contribution is 2.17. The van der Waals surface area contributed by atoms with E-state index in [9.17, 15) is 34.1 Å². The van der Waals surface area contributed by atoms with E-state index in [-0.39, 0.29) is 11.7 Å². The maximum absolute atomic E-state index is 12.1. The van der Waals surface area contributed by atoms with Gasteiger partial charge in [0.25, 0.3) is 5.09 Å². The molecule has 0 bridgehead atoms. The maximum Gasteiger partial charge on any atom is 0.352 e. The van der Waals surface area contributed by atoms with Crippen LogP contribution in [0.25, 0.3) is 0 Å². The third kappa shape index (κ3) is 9.50. The average molecular weight is 484 g/mol. The average Bonchev–Trinajstić information content (AvgIpc) is 2.73. The van der Waals surface area contributed by atoms with Crippen molar-refractivity contribution >= 4 is 35.5 Å². The summed E-state index contributed by atoms with van der Waals surface area (Å²) in [5.74, 6) is -4.47. The van der Waals surface area contributed by atoms with Gasteiger partial charge in [-0.1, -0.05) is 0 Å². The summed E-state index contributed by atoms with van der Waals surface area (Å²) in [6.07, 6.45) is -5.93. The molecule has 1 N–H and O–H groups in total. The van der Waals surface area contributed by atoms with E-state index in [1.165, 1.54) is 38.1 Å². The van der Waals surface area contributed by atoms with Crippen LogP contribution in [0.1, 0.15) is 34.6 Å². The van der Waals surface area contributed by atoms with Crippen molar-refractivity contribution in [2.45, 2.75) is 59.0 Å². The summed E-state index contributed by atoms with van der Waals surface area (Å²) in [5, 5.41) is 11.6. The van der Waals surface area contributed by atoms with E-state index in [4.69, 9.17) is 14.2 Å². The molecule has 1 aromatic rings. The molecule has 0 heterocycles. The van der Waals surface area contributed by atoms with Gasteiger partial charge in [-0.05, 0) is 52.0 Å². The van der Waals surface area contributed by atoms with Gasteiger partial charge in [-0.2, -0.15) is 0 Å². The van der Waals surface area contributed by atoms with E-state index in [1.54, 1.807) is 0 Å². The lowest BCUT2D eigenvalue weighted by atomic mass is 10.3. The number of carbonyl (C=O) groups is 5. The topological polar surface area (TPSA) is 187 Å². The largest absolute Gasteiger partial charge is 0.449 e. The summed E-state index contributed by atoms with van der Waals surface area (Å²) in [6, 6.07) is 5.84. The SMILES string of the molecule is CC(=O)Nc1ccc(OC(=O)C(C)OC(=O)C(C)OC(=O)C(C)OC(=O)C(C)O[N+](=O)[O-])cc1. The minimum Gasteiger partial charge on any atom is -0.449 e. The van der Waals surface area contributed by atoms with Crippen LogP contribution in [-0.2, 0) is 43.0 Å². The van der Waals surface area contributed by atoms with Crippen LogP contribution in [0.5, 0.6) is 5.75 Å². The molecule has 1 rings (SSSR count). The number of nitrogens with zero attached hydrogens (tertiary/aromatic N) is 1. The molecule has 0 aliphatic heterocycles. The molecule has 0 spiro atoms. The van der Waals surface area contributed by atoms with Crippen LogP contribution in [0.3, 0.4) is 0 Å². The van der Waals surface area contributed by atoms with Crippen molar-refractivity contribution in [2.24, 2.45) is 0 Å². The first kappa shape index (κ1) is 27.8. The Morgan fingerprint density at radius 3 is 1.59 bits per heavy atom. The summed E-state index contributed by atoms with van der Waals surface area (Å²) < 4.78 is 19.5. The zero-order valence-corrected chi connectivity index (χ0v) is 19.0. The number of rotatable bonds is 11. The van der Waals surface area contributed by atoms with E-state index >= 15 is 0 Å². The Morgan fingerprint density at radius 2 is 1.18 bits per heavy atom. The van der Waals surface area contributed by atoms with Crippen molar-refractivity contribution in [1.29, 1.82) is 0 Å². The molecule has 14 nitrogen and oxygen atoms in total. The predicted molar refractivity (Wildman–Crippen MR) is 111 cm³/mol. The van der Waals surface area contributed by atoms with Gasteiger partial charge in [-0.25, -0.2) is 19.2 Å². The van der Waals surface area contributed by atoms with Crippen LogP contribution in [-0.4, -0.2) is 59.3 Å². The molecule has 14 heteroatoms. The Hall–Kier alpha value is -4.23. The number of anilines is 1. The fraction of sp³-hybridized carbons (Fsp3) is 0.450. The van der Waals surface area contributed by atoms with Crippen LogP contribution in [0.2, 0.25) is 0 Å². The number of hydrogen-bond acceptors (Lipinski definition) is 12. The Bertz CT molecular complexity index is 930. The van der Waals surface area contributed by atoms with Crippen LogP contribution in [0.15, 0.2) is 24.3 Å². The van der Waals surface area contributed by atoms with Crippen LogP contribution >= 0.6 is 0 Å². The molecule has 0 aromatic heterocycles. The van der Waals surface area contributed by atoms with Gasteiger partial charge in [-0.15, -0.1) is 10.1 Å². The molecular weight excluding hydrogens is 460 g/mol. The zero-order valence-electron chi connectivity index (χ0n) is 19.0. The van der Waals surface area contributed by atoms with E-state index in [0.717, 1.165) is 20.8 Å². The lowest BCUT2D eigenvalue weighted by Gasteiger charge is -2.19. The van der Waals surface area contributed by atoms with Crippen molar-refractivity contribution in [1.82, 2.24) is 0 Å². The second-order valence-electron chi connectivity index (χ2n) is 6.84. The molecule has 0 saturated heterocycles. The fourth-order valence-corrected chi connectivity index (χ4v) is 2.14. The lowest BCUT2D eigenvalue weighted by Crippen LogP contribution is -2.38. The highest BCUT2D eigenvalue weighted by Gasteiger charge is 2.30. The number of esters is 4. The Balaban J connectivity index is 2.53. The van der Waals surface area contributed by atoms with Crippen molar-refractivity contribution in [3.8, 4) is 5.75 Å². The molecule has 0 radical (unpaired) electrons. The van der Waals surface area contributed by atoms with E-state index in [1.807, 2.05) is 0 Å². The fourth-order valence-electron chi connectivity index (χ4n) is 2.14. The standard InChI is InChI=1S/C20H24N2O12/c1-10(30-18(25)11(2)32-20(27)13(4)34-22(28)29)17(24)31-12(3)19(26)33-16-8-6-15(7-9-16)21-14(5)23/h6-13H,1-5H3,(H,21,23). The van der Waals surface area contributed by atoms with Gasteiger partial charge in [0.15, 0.2) is 18.3 Å². The molecule has 1 aromatic carbocycles. The minimum absolute atomic E-state index is 0.132. The van der Waals surface area contributed by atoms with E-state index < -0.39 is 53.4 Å². The first-order valence-corrected chi connectivity index (χ1v) is 9.82. The third-order valence-electron chi connectivity index (χ3n) is 3.84. The zero-order chi connectivity index (χ0) is 26.0. The Morgan fingerprint density at radius 1 is 0.765 bits per heavy atom. The minimum atomic E-state index is -1.58. The first-order chi connectivity index (χ1) is 15.8. The summed E-state index contributed by atoms with van der Waals surface area (Å²) >= 11 is 0. The maximum atomic E-state index is 12.1. The van der Waals surface area contributed by atoms with Crippen LogP contribution in [0.4, 0.5) is 5.69 Å². The highest BCUT2D eigenvalue weighted by atomic mass is 17.0. The number of ether oxygens (including phenoxy) is 4. The molecule has 4 unspecified atom stereocenters.